The topological polar surface area (TPSA) is 87.0 Å². The lowest BCUT2D eigenvalue weighted by molar-refractivity contribution is -0.136. The van der Waals surface area contributed by atoms with Crippen LogP contribution in [0.5, 0.6) is 11.5 Å². The largest absolute Gasteiger partial charge is 0.464 e. The Bertz CT molecular complexity index is 826. The van der Waals surface area contributed by atoms with Crippen molar-refractivity contribution in [3.8, 4) is 11.5 Å². The van der Waals surface area contributed by atoms with Crippen LogP contribution in [0.1, 0.15) is 16.1 Å². The van der Waals surface area contributed by atoms with Crippen molar-refractivity contribution in [1.29, 1.82) is 0 Å². The summed E-state index contributed by atoms with van der Waals surface area (Å²) in [7, 11) is 1.23. The standard InChI is InChI=1S/C16H12BrNO6/c1-21-16(20)10(18-15(19)12-4-5-14(17)24-12)6-9-2-3-11-13(7-9)23-8-22-11/h2-7H,8H2,1H3,(H,18,19)/b10-6+. The summed E-state index contributed by atoms with van der Waals surface area (Å²) in [4.78, 5) is 24.1. The van der Waals surface area contributed by atoms with Gasteiger partial charge in [-0.2, -0.15) is 0 Å². The quantitative estimate of drug-likeness (QED) is 0.634. The number of rotatable bonds is 4. The molecule has 1 aliphatic rings. The first kappa shape index (κ1) is 16.1. The molecular formula is C16H12BrNO6. The van der Waals surface area contributed by atoms with E-state index in [4.69, 9.17) is 18.6 Å². The maximum absolute atomic E-state index is 12.1. The first-order chi connectivity index (χ1) is 11.6. The number of carbonyl (C=O) groups is 2. The smallest absolute Gasteiger partial charge is 0.354 e. The third-order valence-corrected chi connectivity index (χ3v) is 3.58. The molecule has 3 rings (SSSR count). The molecule has 7 nitrogen and oxygen atoms in total. The molecule has 0 fully saturated rings. The molecule has 24 heavy (non-hydrogen) atoms. The molecule has 8 heteroatoms. The van der Waals surface area contributed by atoms with Crippen LogP contribution in [0.4, 0.5) is 0 Å². The minimum atomic E-state index is -0.688. The summed E-state index contributed by atoms with van der Waals surface area (Å²) < 4.78 is 20.8. The monoisotopic (exact) mass is 393 g/mol. The van der Waals surface area contributed by atoms with Crippen molar-refractivity contribution in [3.05, 3.63) is 52.0 Å². The predicted octanol–water partition coefficient (Wildman–Crippen LogP) is 2.71. The maximum Gasteiger partial charge on any atom is 0.354 e. The first-order valence-corrected chi connectivity index (χ1v) is 7.62. The van der Waals surface area contributed by atoms with Gasteiger partial charge in [0.1, 0.15) is 5.70 Å². The number of amides is 1. The van der Waals surface area contributed by atoms with Crippen LogP contribution < -0.4 is 14.8 Å². The van der Waals surface area contributed by atoms with Crippen LogP contribution >= 0.6 is 15.9 Å². The summed E-state index contributed by atoms with van der Waals surface area (Å²) in [6.45, 7) is 0.149. The molecule has 1 aromatic heterocycles. The fourth-order valence-electron chi connectivity index (χ4n) is 2.05. The third-order valence-electron chi connectivity index (χ3n) is 3.16. The van der Waals surface area contributed by atoms with E-state index in [0.717, 1.165) is 0 Å². The lowest BCUT2D eigenvalue weighted by Crippen LogP contribution is -2.27. The Hall–Kier alpha value is -2.74. The van der Waals surface area contributed by atoms with Crippen LogP contribution in [0.2, 0.25) is 0 Å². The average molecular weight is 394 g/mol. The fraction of sp³-hybridized carbons (Fsp3) is 0.125. The highest BCUT2D eigenvalue weighted by atomic mass is 79.9. The van der Waals surface area contributed by atoms with E-state index < -0.39 is 11.9 Å². The Morgan fingerprint density at radius 3 is 2.71 bits per heavy atom. The Balaban J connectivity index is 1.86. The molecular weight excluding hydrogens is 382 g/mol. The number of hydrogen-bond donors (Lipinski definition) is 1. The summed E-state index contributed by atoms with van der Waals surface area (Å²) in [5.41, 5.74) is 0.606. The van der Waals surface area contributed by atoms with E-state index in [-0.39, 0.29) is 18.3 Å². The van der Waals surface area contributed by atoms with Crippen LogP contribution in [-0.4, -0.2) is 25.8 Å². The van der Waals surface area contributed by atoms with E-state index in [1.807, 2.05) is 0 Å². The number of carbonyl (C=O) groups excluding carboxylic acids is 2. The van der Waals surface area contributed by atoms with Crippen molar-refractivity contribution >= 4 is 33.9 Å². The van der Waals surface area contributed by atoms with Crippen LogP contribution in [0, 0.1) is 0 Å². The van der Waals surface area contributed by atoms with E-state index >= 15 is 0 Å². The molecule has 124 valence electrons. The van der Waals surface area contributed by atoms with Gasteiger partial charge >= 0.3 is 5.97 Å². The number of fused-ring (bicyclic) bond motifs is 1. The van der Waals surface area contributed by atoms with Gasteiger partial charge in [-0.25, -0.2) is 4.79 Å². The Labute approximate surface area is 145 Å². The van der Waals surface area contributed by atoms with Gasteiger partial charge < -0.3 is 23.9 Å². The molecule has 1 N–H and O–H groups in total. The van der Waals surface area contributed by atoms with Gasteiger partial charge in [0.25, 0.3) is 5.91 Å². The van der Waals surface area contributed by atoms with Crippen LogP contribution in [0.25, 0.3) is 6.08 Å². The number of nitrogens with one attached hydrogen (secondary N) is 1. The SMILES string of the molecule is COC(=O)/C(=C\c1ccc2c(c1)OCO2)NC(=O)c1ccc(Br)o1. The van der Waals surface area contributed by atoms with Crippen molar-refractivity contribution < 1.29 is 28.2 Å². The van der Waals surface area contributed by atoms with E-state index in [9.17, 15) is 9.59 Å². The molecule has 1 aliphatic heterocycles. The molecule has 0 aliphatic carbocycles. The second kappa shape index (κ2) is 6.79. The predicted molar refractivity (Wildman–Crippen MR) is 86.4 cm³/mol. The first-order valence-electron chi connectivity index (χ1n) is 6.83. The molecule has 0 radical (unpaired) electrons. The summed E-state index contributed by atoms with van der Waals surface area (Å²) in [6.07, 6.45) is 1.48. The zero-order valence-electron chi connectivity index (χ0n) is 12.5. The van der Waals surface area contributed by atoms with E-state index in [1.54, 1.807) is 24.3 Å². The van der Waals surface area contributed by atoms with E-state index in [0.29, 0.717) is 21.7 Å². The molecule has 0 saturated heterocycles. The number of hydrogen-bond acceptors (Lipinski definition) is 6. The van der Waals surface area contributed by atoms with Gasteiger partial charge in [-0.1, -0.05) is 6.07 Å². The molecule has 0 atom stereocenters. The normalized spacial score (nSPS) is 12.8. The van der Waals surface area contributed by atoms with E-state index in [1.165, 1.54) is 19.3 Å². The fourth-order valence-corrected chi connectivity index (χ4v) is 2.35. The van der Waals surface area contributed by atoms with Crippen LogP contribution in [0.3, 0.4) is 0 Å². The van der Waals surface area contributed by atoms with Gasteiger partial charge in [0.05, 0.1) is 7.11 Å². The number of methoxy groups -OCH3 is 1. The average Bonchev–Trinajstić information content (AvgIpc) is 3.21. The van der Waals surface area contributed by atoms with Crippen molar-refractivity contribution in [1.82, 2.24) is 5.32 Å². The van der Waals surface area contributed by atoms with Crippen molar-refractivity contribution in [2.75, 3.05) is 13.9 Å². The van der Waals surface area contributed by atoms with Crippen LogP contribution in [0.15, 0.2) is 45.1 Å². The Morgan fingerprint density at radius 1 is 1.21 bits per heavy atom. The van der Waals surface area contributed by atoms with E-state index in [2.05, 4.69) is 21.2 Å². The highest BCUT2D eigenvalue weighted by molar-refractivity contribution is 9.10. The van der Waals surface area contributed by atoms with Crippen molar-refractivity contribution in [3.63, 3.8) is 0 Å². The van der Waals surface area contributed by atoms with Gasteiger partial charge in [0.2, 0.25) is 6.79 Å². The number of furan rings is 1. The number of ether oxygens (including phenoxy) is 3. The highest BCUT2D eigenvalue weighted by Gasteiger charge is 2.18. The summed E-state index contributed by atoms with van der Waals surface area (Å²) in [5.74, 6) is -0.0161. The van der Waals surface area contributed by atoms with Gasteiger partial charge in [-0.05, 0) is 51.8 Å². The van der Waals surface area contributed by atoms with Crippen LogP contribution in [-0.2, 0) is 9.53 Å². The third kappa shape index (κ3) is 3.43. The Morgan fingerprint density at radius 2 is 2.00 bits per heavy atom. The molecule has 0 unspecified atom stereocenters. The van der Waals surface area contributed by atoms with Crippen molar-refractivity contribution in [2.24, 2.45) is 0 Å². The molecule has 0 saturated carbocycles. The minimum absolute atomic E-state index is 0.0334. The lowest BCUT2D eigenvalue weighted by Gasteiger charge is -2.07. The van der Waals surface area contributed by atoms with Gasteiger partial charge in [0, 0.05) is 0 Å². The highest BCUT2D eigenvalue weighted by Crippen LogP contribution is 2.33. The lowest BCUT2D eigenvalue weighted by atomic mass is 10.1. The molecule has 0 bridgehead atoms. The number of halogens is 1. The second-order valence-electron chi connectivity index (χ2n) is 4.72. The maximum atomic E-state index is 12.1. The van der Waals surface area contributed by atoms with Crippen molar-refractivity contribution in [2.45, 2.75) is 0 Å². The van der Waals surface area contributed by atoms with Gasteiger partial charge in [-0.3, -0.25) is 4.79 Å². The number of esters is 1. The summed E-state index contributed by atoms with van der Waals surface area (Å²) >= 11 is 3.11. The van der Waals surface area contributed by atoms with Gasteiger partial charge in [0.15, 0.2) is 21.9 Å². The Kier molecular flexibility index (Phi) is 4.57. The molecule has 0 spiro atoms. The summed E-state index contributed by atoms with van der Waals surface area (Å²) in [5, 5.41) is 2.47. The molecule has 2 heterocycles. The molecule has 1 amide bonds. The minimum Gasteiger partial charge on any atom is -0.464 e. The molecule has 1 aromatic carbocycles. The van der Waals surface area contributed by atoms with Gasteiger partial charge in [-0.15, -0.1) is 0 Å². The summed E-state index contributed by atoms with van der Waals surface area (Å²) in [6, 6.07) is 8.20. The number of benzene rings is 1. The molecule has 2 aromatic rings. The second-order valence-corrected chi connectivity index (χ2v) is 5.50. The zero-order chi connectivity index (χ0) is 17.1. The zero-order valence-corrected chi connectivity index (χ0v) is 14.1.